The van der Waals surface area contributed by atoms with E-state index >= 15 is 0 Å². The van der Waals surface area contributed by atoms with Crippen LogP contribution >= 0.6 is 15.9 Å². The molecule has 1 aliphatic heterocycles. The molecule has 4 nitrogen and oxygen atoms in total. The van der Waals surface area contributed by atoms with E-state index in [9.17, 15) is 4.79 Å². The van der Waals surface area contributed by atoms with Gasteiger partial charge in [0, 0.05) is 36.4 Å². The van der Waals surface area contributed by atoms with Crippen molar-refractivity contribution in [3.05, 3.63) is 22.7 Å². The van der Waals surface area contributed by atoms with Crippen LogP contribution in [0, 0.1) is 5.92 Å². The molecule has 1 atom stereocenters. The number of anilines is 1. The number of alkyl halides is 1. The summed E-state index contributed by atoms with van der Waals surface area (Å²) in [5, 5.41) is 1.03. The molecular weight excluding hydrogens is 306 g/mol. The highest BCUT2D eigenvalue weighted by molar-refractivity contribution is 9.09. The summed E-state index contributed by atoms with van der Waals surface area (Å²) in [6.45, 7) is 8.00. The highest BCUT2D eigenvalue weighted by Gasteiger charge is 2.26. The zero-order valence-electron chi connectivity index (χ0n) is 11.9. The molecule has 1 fully saturated rings. The molecule has 0 saturated carbocycles. The van der Waals surface area contributed by atoms with Gasteiger partial charge in [-0.1, -0.05) is 15.9 Å². The summed E-state index contributed by atoms with van der Waals surface area (Å²) in [5.74, 6) is 1.28. The Bertz CT molecular complexity index is 492. The Morgan fingerprint density at radius 1 is 1.47 bits per heavy atom. The zero-order valence-corrected chi connectivity index (χ0v) is 13.5. The van der Waals surface area contributed by atoms with Crippen molar-refractivity contribution in [3.63, 3.8) is 0 Å². The second kappa shape index (κ2) is 5.65. The number of hydrogen-bond acceptors (Lipinski definition) is 3. The summed E-state index contributed by atoms with van der Waals surface area (Å²) < 4.78 is 1.77. The molecular formula is C14H22BrN3O. The van der Waals surface area contributed by atoms with Crippen LogP contribution in [0.2, 0.25) is 0 Å². The van der Waals surface area contributed by atoms with Crippen LogP contribution in [0.25, 0.3) is 0 Å². The van der Waals surface area contributed by atoms with Crippen molar-refractivity contribution in [2.45, 2.75) is 39.2 Å². The van der Waals surface area contributed by atoms with E-state index in [2.05, 4.69) is 25.8 Å². The first-order chi connectivity index (χ1) is 8.93. The van der Waals surface area contributed by atoms with Crippen LogP contribution in [0.1, 0.15) is 33.6 Å². The number of nitrogens with zero attached hydrogens (tertiary/aromatic N) is 3. The van der Waals surface area contributed by atoms with Gasteiger partial charge < -0.3 is 9.47 Å². The Morgan fingerprint density at radius 3 is 2.84 bits per heavy atom. The second-order valence-electron chi connectivity index (χ2n) is 6.18. The van der Waals surface area contributed by atoms with Gasteiger partial charge in [0.15, 0.2) is 5.82 Å². The molecule has 0 N–H and O–H groups in total. The minimum absolute atomic E-state index is 0.0227. The molecule has 106 valence electrons. The minimum atomic E-state index is -0.205. The average Bonchev–Trinajstić information content (AvgIpc) is 2.76. The maximum absolute atomic E-state index is 12.5. The molecule has 1 aliphatic rings. The molecule has 1 aromatic rings. The Kier molecular flexibility index (Phi) is 4.33. The molecule has 1 unspecified atom stereocenters. The van der Waals surface area contributed by atoms with Gasteiger partial charge >= 0.3 is 0 Å². The lowest BCUT2D eigenvalue weighted by molar-refractivity contribution is 0.382. The molecule has 0 radical (unpaired) electrons. The third-order valence-corrected chi connectivity index (χ3v) is 4.11. The van der Waals surface area contributed by atoms with E-state index in [0.29, 0.717) is 11.7 Å². The van der Waals surface area contributed by atoms with Crippen LogP contribution in [0.4, 0.5) is 5.82 Å². The van der Waals surface area contributed by atoms with Gasteiger partial charge in [0.25, 0.3) is 5.56 Å². The van der Waals surface area contributed by atoms with Gasteiger partial charge in [0.05, 0.1) is 0 Å². The van der Waals surface area contributed by atoms with E-state index in [1.54, 1.807) is 17.0 Å². The number of halogens is 1. The summed E-state index contributed by atoms with van der Waals surface area (Å²) in [7, 11) is 0. The lowest BCUT2D eigenvalue weighted by Gasteiger charge is -2.24. The van der Waals surface area contributed by atoms with E-state index in [1.807, 2.05) is 20.8 Å². The first kappa shape index (κ1) is 14.6. The Morgan fingerprint density at radius 2 is 2.21 bits per heavy atom. The van der Waals surface area contributed by atoms with Crippen LogP contribution in [-0.2, 0) is 5.54 Å². The fraction of sp³-hybridized carbons (Fsp3) is 0.714. The molecule has 5 heteroatoms. The highest BCUT2D eigenvalue weighted by atomic mass is 79.9. The number of rotatable bonds is 3. The van der Waals surface area contributed by atoms with Crippen LogP contribution in [-0.4, -0.2) is 28.0 Å². The lowest BCUT2D eigenvalue weighted by Crippen LogP contribution is -2.38. The molecule has 0 amide bonds. The summed E-state index contributed by atoms with van der Waals surface area (Å²) >= 11 is 3.49. The molecule has 1 aromatic heterocycles. The quantitative estimate of drug-likeness (QED) is 0.801. The second-order valence-corrected chi connectivity index (χ2v) is 6.97. The third-order valence-electron chi connectivity index (χ3n) is 3.65. The molecule has 0 bridgehead atoms. The van der Waals surface area contributed by atoms with Crippen molar-refractivity contribution in [2.75, 3.05) is 23.3 Å². The fourth-order valence-corrected chi connectivity index (χ4v) is 3.21. The van der Waals surface area contributed by atoms with Crippen LogP contribution in [0.5, 0.6) is 0 Å². The topological polar surface area (TPSA) is 38.1 Å². The van der Waals surface area contributed by atoms with E-state index in [1.165, 1.54) is 0 Å². The van der Waals surface area contributed by atoms with Gasteiger partial charge in [0.2, 0.25) is 0 Å². The zero-order chi connectivity index (χ0) is 14.0. The number of hydrogen-bond donors (Lipinski definition) is 0. The Hall–Kier alpha value is -0.840. The largest absolute Gasteiger partial charge is 0.352 e. The standard InChI is InChI=1S/C14H22BrN3O/c1-14(2,3)18-9-7-16-12(13(18)19)17-8-5-11(10-17)4-6-15/h7,9,11H,4-6,8,10H2,1-3H3. The molecule has 0 spiro atoms. The van der Waals surface area contributed by atoms with Crippen molar-refractivity contribution >= 4 is 21.7 Å². The van der Waals surface area contributed by atoms with E-state index in [0.717, 1.165) is 31.3 Å². The SMILES string of the molecule is CC(C)(C)n1ccnc(N2CCC(CCBr)C2)c1=O. The summed E-state index contributed by atoms with van der Waals surface area (Å²) in [4.78, 5) is 19.0. The van der Waals surface area contributed by atoms with Gasteiger partial charge in [-0.2, -0.15) is 0 Å². The Labute approximate surface area is 123 Å². The molecule has 0 aromatic carbocycles. The van der Waals surface area contributed by atoms with Gasteiger partial charge in [-0.05, 0) is 39.5 Å². The van der Waals surface area contributed by atoms with Crippen molar-refractivity contribution < 1.29 is 0 Å². The lowest BCUT2D eigenvalue weighted by atomic mass is 10.1. The molecule has 0 aliphatic carbocycles. The van der Waals surface area contributed by atoms with E-state index in [4.69, 9.17) is 0 Å². The predicted octanol–water partition coefficient (Wildman–Crippen LogP) is 2.61. The monoisotopic (exact) mass is 327 g/mol. The summed E-state index contributed by atoms with van der Waals surface area (Å²) in [6.07, 6.45) is 5.82. The molecule has 2 rings (SSSR count). The normalized spacial score (nSPS) is 20.0. The van der Waals surface area contributed by atoms with E-state index < -0.39 is 0 Å². The Balaban J connectivity index is 2.25. The summed E-state index contributed by atoms with van der Waals surface area (Å²) in [6, 6.07) is 0. The third kappa shape index (κ3) is 3.19. The van der Waals surface area contributed by atoms with Crippen LogP contribution < -0.4 is 10.5 Å². The van der Waals surface area contributed by atoms with Crippen molar-refractivity contribution in [2.24, 2.45) is 5.92 Å². The first-order valence-corrected chi connectivity index (χ1v) is 7.94. The molecule has 1 saturated heterocycles. The predicted molar refractivity (Wildman–Crippen MR) is 82.2 cm³/mol. The van der Waals surface area contributed by atoms with Crippen molar-refractivity contribution in [3.8, 4) is 0 Å². The number of aromatic nitrogens is 2. The first-order valence-electron chi connectivity index (χ1n) is 6.82. The van der Waals surface area contributed by atoms with Gasteiger partial charge in [-0.15, -0.1) is 0 Å². The molecule has 19 heavy (non-hydrogen) atoms. The summed E-state index contributed by atoms with van der Waals surface area (Å²) in [5.41, 5.74) is -0.182. The maximum Gasteiger partial charge on any atom is 0.293 e. The van der Waals surface area contributed by atoms with Crippen molar-refractivity contribution in [1.82, 2.24) is 9.55 Å². The van der Waals surface area contributed by atoms with E-state index in [-0.39, 0.29) is 11.1 Å². The van der Waals surface area contributed by atoms with Crippen LogP contribution in [0.15, 0.2) is 17.2 Å². The average molecular weight is 328 g/mol. The smallest absolute Gasteiger partial charge is 0.293 e. The molecule has 2 heterocycles. The van der Waals surface area contributed by atoms with Crippen molar-refractivity contribution in [1.29, 1.82) is 0 Å². The highest BCUT2D eigenvalue weighted by Crippen LogP contribution is 2.23. The maximum atomic E-state index is 12.5. The van der Waals surface area contributed by atoms with Gasteiger partial charge in [-0.3, -0.25) is 4.79 Å². The van der Waals surface area contributed by atoms with Gasteiger partial charge in [0.1, 0.15) is 0 Å². The van der Waals surface area contributed by atoms with Crippen LogP contribution in [0.3, 0.4) is 0 Å². The minimum Gasteiger partial charge on any atom is -0.352 e. The fourth-order valence-electron chi connectivity index (χ4n) is 2.56. The van der Waals surface area contributed by atoms with Gasteiger partial charge in [-0.25, -0.2) is 4.98 Å².